The van der Waals surface area contributed by atoms with Gasteiger partial charge < -0.3 is 14.5 Å². The molecule has 0 saturated heterocycles. The van der Waals surface area contributed by atoms with E-state index in [4.69, 9.17) is 4.74 Å². The second-order valence-electron chi connectivity index (χ2n) is 18.6. The minimum atomic E-state index is -0.0270. The fourth-order valence-corrected chi connectivity index (χ4v) is 11.7. The molecule has 3 nitrogen and oxygen atoms in total. The Bertz CT molecular complexity index is 3140. The number of rotatable bonds is 8. The third-order valence-electron chi connectivity index (χ3n) is 14.9. The van der Waals surface area contributed by atoms with E-state index in [1.54, 1.807) is 0 Å². The van der Waals surface area contributed by atoms with E-state index in [0.717, 1.165) is 25.0 Å². The molecule has 3 heteroatoms. The van der Waals surface area contributed by atoms with Crippen LogP contribution in [0.15, 0.2) is 224 Å². The monoisotopic (exact) mass is 826 g/mol. The summed E-state index contributed by atoms with van der Waals surface area (Å²) < 4.78 is 7.38. The first-order valence-corrected chi connectivity index (χ1v) is 23.4. The Morgan fingerprint density at radius 2 is 1.36 bits per heavy atom. The Morgan fingerprint density at radius 1 is 0.547 bits per heavy atom. The number of nitrogens with zero attached hydrogens (tertiary/aromatic N) is 2. The second-order valence-corrected chi connectivity index (χ2v) is 18.6. The average Bonchev–Trinajstić information content (AvgIpc) is 4.16. The van der Waals surface area contributed by atoms with Gasteiger partial charge in [-0.3, -0.25) is 0 Å². The van der Waals surface area contributed by atoms with Gasteiger partial charge in [0.05, 0.1) is 17.8 Å². The molecule has 1 heterocycles. The van der Waals surface area contributed by atoms with Gasteiger partial charge in [-0.1, -0.05) is 170 Å². The summed E-state index contributed by atoms with van der Waals surface area (Å²) in [6.45, 7) is 0. The number of hydrogen-bond donors (Lipinski definition) is 0. The van der Waals surface area contributed by atoms with Crippen molar-refractivity contribution >= 4 is 55.4 Å². The largest absolute Gasteiger partial charge is 0.489 e. The summed E-state index contributed by atoms with van der Waals surface area (Å²) in [5.74, 6) is 2.91. The molecular formula is C61H50N2O. The van der Waals surface area contributed by atoms with E-state index >= 15 is 0 Å². The van der Waals surface area contributed by atoms with Crippen LogP contribution in [0.5, 0.6) is 5.75 Å². The summed E-state index contributed by atoms with van der Waals surface area (Å²) in [6.07, 6.45) is 36.9. The maximum Gasteiger partial charge on any atom is 0.129 e. The fourth-order valence-electron chi connectivity index (χ4n) is 11.7. The molecule has 7 aliphatic rings. The van der Waals surface area contributed by atoms with Crippen LogP contribution in [0.2, 0.25) is 0 Å². The van der Waals surface area contributed by atoms with Crippen LogP contribution < -0.4 is 14.5 Å². The molecule has 1 saturated carbocycles. The molecular weight excluding hydrogens is 777 g/mol. The molecule has 0 aromatic heterocycles. The molecule has 64 heavy (non-hydrogen) atoms. The van der Waals surface area contributed by atoms with Crippen LogP contribution in [0.4, 0.5) is 22.7 Å². The molecule has 13 rings (SSSR count). The molecule has 6 aromatic carbocycles. The van der Waals surface area contributed by atoms with Crippen molar-refractivity contribution in [2.24, 2.45) is 23.7 Å². The molecule has 0 spiro atoms. The molecule has 0 amide bonds. The summed E-state index contributed by atoms with van der Waals surface area (Å²) >= 11 is 0. The number of benzene rings is 6. The van der Waals surface area contributed by atoms with Crippen LogP contribution in [0.3, 0.4) is 0 Å². The molecule has 6 aromatic rings. The van der Waals surface area contributed by atoms with E-state index in [1.807, 2.05) is 0 Å². The fraction of sp³-hybridized carbons (Fsp3) is 0.180. The van der Waals surface area contributed by atoms with Gasteiger partial charge in [-0.05, 0) is 118 Å². The molecule has 1 fully saturated rings. The zero-order valence-electron chi connectivity index (χ0n) is 35.9. The van der Waals surface area contributed by atoms with Crippen LogP contribution in [0.25, 0.3) is 32.7 Å². The summed E-state index contributed by atoms with van der Waals surface area (Å²) in [5.41, 5.74) is 12.9. The van der Waals surface area contributed by atoms with Gasteiger partial charge in [-0.25, -0.2) is 0 Å². The Kier molecular flexibility index (Phi) is 8.96. The standard InChI is InChI=1S/C61H50N2O/c1-2-12-40(13-3-1)42-26-31-49(32-27-42)63(56-23-10-17-43-15-6-7-20-53(43)56)57-24-11-25-58-61(57)54-22-9-19-47-37-51(39-59(64-58)60(47)54)62(50-35-28-41-14-4-5-16-45(41)36-50)48-33-29-44(30-34-48)52-21-8-18-46-38-55(46)52/h1-12,14-31,33-37,40,46,49,51,55,59-60H,13,32,38-39H2. The van der Waals surface area contributed by atoms with E-state index in [-0.39, 0.29) is 24.1 Å². The maximum atomic E-state index is 7.38. The van der Waals surface area contributed by atoms with Gasteiger partial charge in [-0.15, -0.1) is 0 Å². The summed E-state index contributed by atoms with van der Waals surface area (Å²) in [7, 11) is 0. The molecule has 0 radical (unpaired) electrons. The van der Waals surface area contributed by atoms with Crippen LogP contribution in [0.1, 0.15) is 36.8 Å². The lowest BCUT2D eigenvalue weighted by Gasteiger charge is -2.46. The minimum Gasteiger partial charge on any atom is -0.489 e. The smallest absolute Gasteiger partial charge is 0.129 e. The predicted molar refractivity (Wildman–Crippen MR) is 267 cm³/mol. The van der Waals surface area contributed by atoms with Crippen molar-refractivity contribution in [3.05, 3.63) is 235 Å². The Labute approximate surface area is 376 Å². The lowest BCUT2D eigenvalue weighted by molar-refractivity contribution is 0.145. The highest BCUT2D eigenvalue weighted by Gasteiger charge is 2.44. The third-order valence-corrected chi connectivity index (χ3v) is 14.9. The zero-order valence-corrected chi connectivity index (χ0v) is 35.9. The molecule has 0 N–H and O–H groups in total. The van der Waals surface area contributed by atoms with E-state index in [0.29, 0.717) is 17.8 Å². The lowest BCUT2D eigenvalue weighted by Crippen LogP contribution is -2.45. The van der Waals surface area contributed by atoms with Crippen molar-refractivity contribution in [1.82, 2.24) is 0 Å². The number of allylic oxidation sites excluding steroid dienone is 13. The zero-order chi connectivity index (χ0) is 42.1. The van der Waals surface area contributed by atoms with Crippen molar-refractivity contribution in [1.29, 1.82) is 0 Å². The van der Waals surface area contributed by atoms with E-state index < -0.39 is 0 Å². The van der Waals surface area contributed by atoms with Crippen LogP contribution >= 0.6 is 0 Å². The van der Waals surface area contributed by atoms with E-state index in [2.05, 4.69) is 222 Å². The highest BCUT2D eigenvalue weighted by atomic mass is 16.5. The average molecular weight is 827 g/mol. The molecule has 310 valence electrons. The highest BCUT2D eigenvalue weighted by molar-refractivity contribution is 5.99. The SMILES string of the molecule is C1=CCC(C2=CCC(N(c3cccc4c3C3=CC=CC5=CC(N(c6ccc(C7=CC=CC8CC78)cc6)c6ccc7ccccc7c6)CC(O4)C53)c3cccc4ccccc34)C=C2)C=C1. The van der Waals surface area contributed by atoms with E-state index in [9.17, 15) is 0 Å². The van der Waals surface area contributed by atoms with Gasteiger partial charge >= 0.3 is 0 Å². The molecule has 7 unspecified atom stereocenters. The number of ether oxygens (including phenoxy) is 1. The quantitative estimate of drug-likeness (QED) is 0.152. The first-order chi connectivity index (χ1) is 31.7. The predicted octanol–water partition coefficient (Wildman–Crippen LogP) is 15.0. The van der Waals surface area contributed by atoms with Gasteiger partial charge in [0.2, 0.25) is 0 Å². The summed E-state index contributed by atoms with van der Waals surface area (Å²) in [4.78, 5) is 5.17. The second kappa shape index (κ2) is 15.3. The Morgan fingerprint density at radius 3 is 2.23 bits per heavy atom. The van der Waals surface area contributed by atoms with Gasteiger partial charge in [0.15, 0.2) is 0 Å². The minimum absolute atomic E-state index is 0.0270. The topological polar surface area (TPSA) is 15.7 Å². The van der Waals surface area contributed by atoms with Crippen molar-refractivity contribution < 1.29 is 4.74 Å². The van der Waals surface area contributed by atoms with Crippen molar-refractivity contribution in [2.45, 2.75) is 43.9 Å². The molecule has 1 aliphatic heterocycles. The first-order valence-electron chi connectivity index (χ1n) is 23.4. The molecule has 0 bridgehead atoms. The summed E-state index contributed by atoms with van der Waals surface area (Å²) in [6, 6.07) is 47.6. The highest BCUT2D eigenvalue weighted by Crippen LogP contribution is 2.55. The van der Waals surface area contributed by atoms with Crippen LogP contribution in [-0.4, -0.2) is 18.2 Å². The van der Waals surface area contributed by atoms with Crippen molar-refractivity contribution in [3.63, 3.8) is 0 Å². The third kappa shape index (κ3) is 6.40. The normalized spacial score (nSPS) is 25.6. The van der Waals surface area contributed by atoms with Gasteiger partial charge in [0.25, 0.3) is 0 Å². The van der Waals surface area contributed by atoms with Gasteiger partial charge in [-0.2, -0.15) is 0 Å². The summed E-state index contributed by atoms with van der Waals surface area (Å²) in [5, 5.41) is 5.00. The van der Waals surface area contributed by atoms with Crippen LogP contribution in [-0.2, 0) is 0 Å². The van der Waals surface area contributed by atoms with Crippen LogP contribution in [0, 0.1) is 23.7 Å². The molecule has 6 aliphatic carbocycles. The first kappa shape index (κ1) is 37.5. The Balaban J connectivity index is 0.892. The van der Waals surface area contributed by atoms with Crippen molar-refractivity contribution in [3.8, 4) is 5.75 Å². The number of anilines is 4. The van der Waals surface area contributed by atoms with Crippen molar-refractivity contribution in [2.75, 3.05) is 9.80 Å². The Hall–Kier alpha value is -7.10. The van der Waals surface area contributed by atoms with E-state index in [1.165, 1.54) is 84.1 Å². The van der Waals surface area contributed by atoms with Gasteiger partial charge in [0.1, 0.15) is 11.9 Å². The van der Waals surface area contributed by atoms with Gasteiger partial charge in [0, 0.05) is 46.3 Å². The number of fused-ring (bicyclic) bond motifs is 5. The molecule has 7 atom stereocenters. The maximum absolute atomic E-state index is 7.38. The lowest BCUT2D eigenvalue weighted by atomic mass is 9.71. The number of hydrogen-bond acceptors (Lipinski definition) is 3.